The molecule has 4 nitrogen and oxygen atoms in total. The van der Waals surface area contributed by atoms with E-state index in [1.54, 1.807) is 0 Å². The third kappa shape index (κ3) is 7.43. The lowest BCUT2D eigenvalue weighted by atomic mass is 9.97. The minimum atomic E-state index is 0. The van der Waals surface area contributed by atoms with Crippen molar-refractivity contribution in [1.82, 2.24) is 15.5 Å². The molecule has 1 aromatic carbocycles. The van der Waals surface area contributed by atoms with E-state index in [0.29, 0.717) is 0 Å². The maximum absolute atomic E-state index is 4.36. The first-order valence-electron chi connectivity index (χ1n) is 9.47. The zero-order valence-corrected chi connectivity index (χ0v) is 19.4. The number of nitrogens with one attached hydrogen (secondary N) is 2. The molecule has 0 bridgehead atoms. The van der Waals surface area contributed by atoms with Crippen molar-refractivity contribution in [1.29, 1.82) is 0 Å². The SMILES string of the molecule is CN=C(NCc1cccc(C)c1)NCC1CCN(Cc2cccs2)CC1.I. The van der Waals surface area contributed by atoms with Crippen LogP contribution >= 0.6 is 35.3 Å². The van der Waals surface area contributed by atoms with E-state index >= 15 is 0 Å². The fourth-order valence-corrected chi connectivity index (χ4v) is 4.19. The average molecular weight is 498 g/mol. The lowest BCUT2D eigenvalue weighted by Crippen LogP contribution is -2.42. The van der Waals surface area contributed by atoms with Crippen LogP contribution in [-0.2, 0) is 13.1 Å². The molecule has 6 heteroatoms. The Kier molecular flexibility index (Phi) is 9.58. The zero-order chi connectivity index (χ0) is 18.2. The van der Waals surface area contributed by atoms with Gasteiger partial charge < -0.3 is 10.6 Å². The Morgan fingerprint density at radius 3 is 2.67 bits per heavy atom. The van der Waals surface area contributed by atoms with Gasteiger partial charge in [-0.2, -0.15) is 0 Å². The topological polar surface area (TPSA) is 39.7 Å². The molecule has 0 aliphatic carbocycles. The molecule has 0 radical (unpaired) electrons. The van der Waals surface area contributed by atoms with Gasteiger partial charge in [0.15, 0.2) is 5.96 Å². The van der Waals surface area contributed by atoms with Crippen LogP contribution in [-0.4, -0.2) is 37.5 Å². The average Bonchev–Trinajstić information content (AvgIpc) is 3.16. The Labute approximate surface area is 184 Å². The summed E-state index contributed by atoms with van der Waals surface area (Å²) in [4.78, 5) is 8.41. The number of aliphatic imine (C=N–C) groups is 1. The molecular weight excluding hydrogens is 467 g/mol. The van der Waals surface area contributed by atoms with Crippen molar-refractivity contribution in [3.05, 3.63) is 57.8 Å². The number of piperidine rings is 1. The molecule has 3 rings (SSSR count). The van der Waals surface area contributed by atoms with Crippen LogP contribution in [0, 0.1) is 12.8 Å². The molecule has 1 aromatic heterocycles. The van der Waals surface area contributed by atoms with Gasteiger partial charge in [-0.1, -0.05) is 35.9 Å². The smallest absolute Gasteiger partial charge is 0.191 e. The van der Waals surface area contributed by atoms with Crippen LogP contribution in [0.2, 0.25) is 0 Å². The minimum Gasteiger partial charge on any atom is -0.356 e. The summed E-state index contributed by atoms with van der Waals surface area (Å²) in [7, 11) is 1.84. The van der Waals surface area contributed by atoms with E-state index in [-0.39, 0.29) is 24.0 Å². The molecule has 27 heavy (non-hydrogen) atoms. The van der Waals surface area contributed by atoms with Crippen LogP contribution < -0.4 is 10.6 Å². The van der Waals surface area contributed by atoms with Gasteiger partial charge in [0.2, 0.25) is 0 Å². The molecule has 1 saturated heterocycles. The number of aryl methyl sites for hydroxylation is 1. The van der Waals surface area contributed by atoms with E-state index in [2.05, 4.69) is 69.2 Å². The van der Waals surface area contributed by atoms with Crippen molar-refractivity contribution in [3.63, 3.8) is 0 Å². The van der Waals surface area contributed by atoms with E-state index in [1.807, 2.05) is 18.4 Å². The van der Waals surface area contributed by atoms with Gasteiger partial charge in [0.05, 0.1) is 0 Å². The molecule has 2 N–H and O–H groups in total. The first-order chi connectivity index (χ1) is 12.7. The molecule has 1 fully saturated rings. The van der Waals surface area contributed by atoms with Crippen molar-refractivity contribution in [2.24, 2.45) is 10.9 Å². The normalized spacial score (nSPS) is 16.0. The van der Waals surface area contributed by atoms with Crippen LogP contribution in [0.5, 0.6) is 0 Å². The van der Waals surface area contributed by atoms with Crippen molar-refractivity contribution in [2.45, 2.75) is 32.9 Å². The summed E-state index contributed by atoms with van der Waals surface area (Å²) in [5, 5.41) is 9.10. The molecule has 0 saturated carbocycles. The number of benzene rings is 1. The van der Waals surface area contributed by atoms with Gasteiger partial charge in [-0.3, -0.25) is 9.89 Å². The first-order valence-corrected chi connectivity index (χ1v) is 10.4. The number of likely N-dealkylation sites (tertiary alicyclic amines) is 1. The summed E-state index contributed by atoms with van der Waals surface area (Å²) in [5.41, 5.74) is 2.58. The Morgan fingerprint density at radius 1 is 1.19 bits per heavy atom. The summed E-state index contributed by atoms with van der Waals surface area (Å²) < 4.78 is 0. The summed E-state index contributed by atoms with van der Waals surface area (Å²) in [6.07, 6.45) is 2.51. The molecule has 0 atom stereocenters. The van der Waals surface area contributed by atoms with Gasteiger partial charge in [-0.25, -0.2) is 0 Å². The van der Waals surface area contributed by atoms with E-state index in [0.717, 1.165) is 31.5 Å². The second-order valence-corrected chi connectivity index (χ2v) is 8.13. The monoisotopic (exact) mass is 498 g/mol. The number of hydrogen-bond donors (Lipinski definition) is 2. The Hall–Kier alpha value is -1.12. The molecule has 2 heterocycles. The van der Waals surface area contributed by atoms with E-state index < -0.39 is 0 Å². The summed E-state index contributed by atoms with van der Waals surface area (Å²) in [6, 6.07) is 13.0. The number of hydrogen-bond acceptors (Lipinski definition) is 3. The Balaban J connectivity index is 0.00000261. The molecule has 1 aliphatic heterocycles. The van der Waals surface area contributed by atoms with E-state index in [9.17, 15) is 0 Å². The lowest BCUT2D eigenvalue weighted by molar-refractivity contribution is 0.179. The summed E-state index contributed by atoms with van der Waals surface area (Å²) in [5.74, 6) is 1.62. The van der Waals surface area contributed by atoms with Crippen molar-refractivity contribution in [3.8, 4) is 0 Å². The van der Waals surface area contributed by atoms with Crippen LogP contribution in [0.25, 0.3) is 0 Å². The third-order valence-corrected chi connectivity index (χ3v) is 5.85. The zero-order valence-electron chi connectivity index (χ0n) is 16.3. The number of rotatable bonds is 6. The van der Waals surface area contributed by atoms with Crippen LogP contribution in [0.4, 0.5) is 0 Å². The number of halogens is 1. The van der Waals surface area contributed by atoms with Gasteiger partial charge in [-0.05, 0) is 55.8 Å². The Bertz CT molecular complexity index is 694. The highest BCUT2D eigenvalue weighted by Crippen LogP contribution is 2.20. The second kappa shape index (κ2) is 11.7. The minimum absolute atomic E-state index is 0. The predicted octanol–water partition coefficient (Wildman–Crippen LogP) is 4.25. The van der Waals surface area contributed by atoms with Crippen molar-refractivity contribution in [2.75, 3.05) is 26.7 Å². The number of nitrogens with zero attached hydrogens (tertiary/aromatic N) is 2. The fraction of sp³-hybridized carbons (Fsp3) is 0.476. The third-order valence-electron chi connectivity index (χ3n) is 4.99. The van der Waals surface area contributed by atoms with E-state index in [1.165, 1.54) is 41.9 Å². The first kappa shape index (κ1) is 22.2. The van der Waals surface area contributed by atoms with Gasteiger partial charge in [-0.15, -0.1) is 35.3 Å². The largest absolute Gasteiger partial charge is 0.356 e. The molecule has 148 valence electrons. The molecule has 2 aromatic rings. The fourth-order valence-electron chi connectivity index (χ4n) is 3.44. The highest BCUT2D eigenvalue weighted by atomic mass is 127. The summed E-state index contributed by atoms with van der Waals surface area (Å²) in [6.45, 7) is 7.43. The van der Waals surface area contributed by atoms with Crippen LogP contribution in [0.1, 0.15) is 28.8 Å². The van der Waals surface area contributed by atoms with Gasteiger partial charge in [0.25, 0.3) is 0 Å². The Morgan fingerprint density at radius 2 is 2.00 bits per heavy atom. The molecular formula is C21H31IN4S. The predicted molar refractivity (Wildman–Crippen MR) is 127 cm³/mol. The maximum atomic E-state index is 4.36. The maximum Gasteiger partial charge on any atom is 0.191 e. The molecule has 1 aliphatic rings. The van der Waals surface area contributed by atoms with Crippen LogP contribution in [0.3, 0.4) is 0 Å². The van der Waals surface area contributed by atoms with Crippen molar-refractivity contribution < 1.29 is 0 Å². The van der Waals surface area contributed by atoms with Gasteiger partial charge in [0.1, 0.15) is 0 Å². The quantitative estimate of drug-likeness (QED) is 0.356. The lowest BCUT2D eigenvalue weighted by Gasteiger charge is -2.32. The molecule has 0 unspecified atom stereocenters. The van der Waals surface area contributed by atoms with Gasteiger partial charge >= 0.3 is 0 Å². The van der Waals surface area contributed by atoms with Crippen molar-refractivity contribution >= 4 is 41.3 Å². The summed E-state index contributed by atoms with van der Waals surface area (Å²) >= 11 is 1.86. The highest BCUT2D eigenvalue weighted by molar-refractivity contribution is 14.0. The molecule has 0 amide bonds. The standard InChI is InChI=1S/C21H30N4S.HI/c1-17-5-3-6-19(13-17)15-24-21(22-2)23-14-18-8-10-25(11-9-18)16-20-7-4-12-26-20;/h3-7,12-13,18H,8-11,14-16H2,1-2H3,(H2,22,23,24);1H. The van der Waals surface area contributed by atoms with E-state index in [4.69, 9.17) is 0 Å². The van der Waals surface area contributed by atoms with Gasteiger partial charge in [0, 0.05) is 31.6 Å². The van der Waals surface area contributed by atoms with Crippen LogP contribution in [0.15, 0.2) is 46.8 Å². The second-order valence-electron chi connectivity index (χ2n) is 7.09. The molecule has 0 spiro atoms. The number of guanidine groups is 1. The highest BCUT2D eigenvalue weighted by Gasteiger charge is 2.19. The number of thiophene rings is 1.